The molecule has 0 bridgehead atoms. The highest BCUT2D eigenvalue weighted by Crippen LogP contribution is 2.27. The highest BCUT2D eigenvalue weighted by atomic mass is 79.9. The number of rotatable bonds is 6. The van der Waals surface area contributed by atoms with E-state index in [1.165, 1.54) is 0 Å². The minimum atomic E-state index is -3.62. The van der Waals surface area contributed by atoms with Gasteiger partial charge in [-0.25, -0.2) is 13.1 Å². The third kappa shape index (κ3) is 4.68. The summed E-state index contributed by atoms with van der Waals surface area (Å²) >= 11 is 4.25. The van der Waals surface area contributed by atoms with Crippen LogP contribution in [0.25, 0.3) is 0 Å². The topological polar surface area (TPSA) is 75.3 Å². The number of carbonyl (C=O) groups excluding carboxylic acids is 1. The molecule has 0 aliphatic carbocycles. The average molecular weight is 355 g/mol. The second-order valence-electron chi connectivity index (χ2n) is 4.08. The number of halogens is 1. The van der Waals surface area contributed by atoms with E-state index in [0.29, 0.717) is 16.9 Å². The maximum atomic E-state index is 11.8. The summed E-state index contributed by atoms with van der Waals surface area (Å²) in [6.07, 6.45) is 0. The Balaban J connectivity index is 2.53. The molecule has 0 aliphatic rings. The van der Waals surface area contributed by atoms with Crippen molar-refractivity contribution in [3.8, 4) is 0 Å². The number of nitrogens with one attached hydrogen (secondary N) is 2. The average Bonchev–Trinajstić information content (AvgIpc) is 2.71. The van der Waals surface area contributed by atoms with Gasteiger partial charge in [0.05, 0.1) is 6.54 Å². The smallest absolute Gasteiger partial charge is 0.251 e. The fourth-order valence-electron chi connectivity index (χ4n) is 1.08. The fraction of sp³-hybridized carbons (Fsp3) is 0.500. The highest BCUT2D eigenvalue weighted by molar-refractivity contribution is 9.10. The first-order valence-corrected chi connectivity index (χ1v) is 8.48. The van der Waals surface area contributed by atoms with Gasteiger partial charge in [-0.2, -0.15) is 0 Å². The minimum Gasteiger partial charge on any atom is -0.355 e. The molecule has 1 rings (SSSR count). The van der Waals surface area contributed by atoms with Crippen molar-refractivity contribution in [2.45, 2.75) is 18.1 Å². The van der Waals surface area contributed by atoms with Crippen molar-refractivity contribution in [2.24, 2.45) is 5.92 Å². The van der Waals surface area contributed by atoms with E-state index >= 15 is 0 Å². The third-order valence-electron chi connectivity index (χ3n) is 1.96. The molecule has 0 saturated heterocycles. The number of hydrogen-bond acceptors (Lipinski definition) is 4. The van der Waals surface area contributed by atoms with Gasteiger partial charge in [-0.05, 0) is 33.3 Å². The lowest BCUT2D eigenvalue weighted by atomic mass is 10.2. The number of thiophene rings is 1. The van der Waals surface area contributed by atoms with Crippen LogP contribution in [0.2, 0.25) is 0 Å². The quantitative estimate of drug-likeness (QED) is 0.813. The molecule has 1 amide bonds. The van der Waals surface area contributed by atoms with E-state index in [4.69, 9.17) is 0 Å². The molecule has 1 heterocycles. The molecule has 1 aromatic rings. The lowest BCUT2D eigenvalue weighted by Gasteiger charge is -2.08. The predicted molar refractivity (Wildman–Crippen MR) is 75.1 cm³/mol. The molecule has 18 heavy (non-hydrogen) atoms. The lowest BCUT2D eigenvalue weighted by molar-refractivity contribution is -0.120. The second kappa shape index (κ2) is 6.65. The van der Waals surface area contributed by atoms with Crippen LogP contribution in [0.15, 0.2) is 20.1 Å². The number of sulfonamides is 1. The first kappa shape index (κ1) is 15.6. The SMILES string of the molecule is CC(C)CNC(=O)CNS(=O)(=O)c1sccc1Br. The molecule has 0 radical (unpaired) electrons. The zero-order chi connectivity index (χ0) is 13.8. The Bertz CT molecular complexity index is 511. The van der Waals surface area contributed by atoms with Gasteiger partial charge in [-0.3, -0.25) is 4.79 Å². The van der Waals surface area contributed by atoms with Crippen molar-refractivity contribution in [2.75, 3.05) is 13.1 Å². The summed E-state index contributed by atoms with van der Waals surface area (Å²) in [5.74, 6) is -0.00282. The van der Waals surface area contributed by atoms with Crippen molar-refractivity contribution < 1.29 is 13.2 Å². The van der Waals surface area contributed by atoms with Gasteiger partial charge in [-0.15, -0.1) is 11.3 Å². The standard InChI is InChI=1S/C10H15BrN2O3S2/c1-7(2)5-12-9(14)6-13-18(15,16)10-8(11)3-4-17-10/h3-4,7,13H,5-6H2,1-2H3,(H,12,14). The molecule has 0 fully saturated rings. The molecule has 1 aromatic heterocycles. The summed E-state index contributed by atoms with van der Waals surface area (Å²) in [5.41, 5.74) is 0. The summed E-state index contributed by atoms with van der Waals surface area (Å²) in [4.78, 5) is 11.4. The Morgan fingerprint density at radius 1 is 1.50 bits per heavy atom. The molecule has 0 atom stereocenters. The maximum Gasteiger partial charge on any atom is 0.251 e. The Morgan fingerprint density at radius 2 is 2.17 bits per heavy atom. The molecule has 5 nitrogen and oxygen atoms in total. The Morgan fingerprint density at radius 3 is 2.67 bits per heavy atom. The molecule has 0 aromatic carbocycles. The Labute approximate surface area is 119 Å². The normalized spacial score (nSPS) is 11.8. The van der Waals surface area contributed by atoms with Crippen LogP contribution in [-0.4, -0.2) is 27.4 Å². The summed E-state index contributed by atoms with van der Waals surface area (Å²) in [5, 5.41) is 4.30. The Hall–Kier alpha value is -0.440. The second-order valence-corrected chi connectivity index (χ2v) is 7.81. The zero-order valence-electron chi connectivity index (χ0n) is 10.1. The Kier molecular flexibility index (Phi) is 5.77. The molecular weight excluding hydrogens is 340 g/mol. The van der Waals surface area contributed by atoms with E-state index in [1.54, 1.807) is 11.4 Å². The molecular formula is C10H15BrN2O3S2. The number of hydrogen-bond donors (Lipinski definition) is 2. The van der Waals surface area contributed by atoms with E-state index in [2.05, 4.69) is 26.0 Å². The molecule has 0 aliphatic heterocycles. The first-order chi connectivity index (χ1) is 8.33. The summed E-state index contributed by atoms with van der Waals surface area (Å²) in [6, 6.07) is 1.65. The van der Waals surface area contributed by atoms with Crippen LogP contribution >= 0.6 is 27.3 Å². The van der Waals surface area contributed by atoms with E-state index in [1.807, 2.05) is 13.8 Å². The van der Waals surface area contributed by atoms with Gasteiger partial charge in [0, 0.05) is 11.0 Å². The van der Waals surface area contributed by atoms with Crippen molar-refractivity contribution in [1.29, 1.82) is 0 Å². The summed E-state index contributed by atoms with van der Waals surface area (Å²) < 4.78 is 26.6. The number of amides is 1. The van der Waals surface area contributed by atoms with Crippen LogP contribution in [0.4, 0.5) is 0 Å². The lowest BCUT2D eigenvalue weighted by Crippen LogP contribution is -2.38. The van der Waals surface area contributed by atoms with Crippen LogP contribution < -0.4 is 10.0 Å². The third-order valence-corrected chi connectivity index (χ3v) is 6.03. The largest absolute Gasteiger partial charge is 0.355 e. The monoisotopic (exact) mass is 354 g/mol. The van der Waals surface area contributed by atoms with Crippen molar-refractivity contribution in [3.05, 3.63) is 15.9 Å². The van der Waals surface area contributed by atoms with E-state index in [0.717, 1.165) is 11.3 Å². The van der Waals surface area contributed by atoms with Gasteiger partial charge < -0.3 is 5.32 Å². The van der Waals surface area contributed by atoms with Gasteiger partial charge in [-0.1, -0.05) is 13.8 Å². The fourth-order valence-corrected chi connectivity index (χ4v) is 4.44. The van der Waals surface area contributed by atoms with Gasteiger partial charge in [0.2, 0.25) is 5.91 Å². The van der Waals surface area contributed by atoms with Crippen LogP contribution in [0.1, 0.15) is 13.8 Å². The van der Waals surface area contributed by atoms with Crippen LogP contribution in [0.5, 0.6) is 0 Å². The van der Waals surface area contributed by atoms with Crippen LogP contribution in [0.3, 0.4) is 0 Å². The molecule has 0 saturated carbocycles. The zero-order valence-corrected chi connectivity index (χ0v) is 13.3. The van der Waals surface area contributed by atoms with Crippen molar-refractivity contribution in [3.63, 3.8) is 0 Å². The molecule has 0 spiro atoms. The van der Waals surface area contributed by atoms with Gasteiger partial charge in [0.15, 0.2) is 0 Å². The van der Waals surface area contributed by atoms with Gasteiger partial charge in [0.1, 0.15) is 4.21 Å². The maximum absolute atomic E-state index is 11.8. The van der Waals surface area contributed by atoms with Crippen molar-refractivity contribution in [1.82, 2.24) is 10.0 Å². The molecule has 102 valence electrons. The first-order valence-electron chi connectivity index (χ1n) is 5.32. The van der Waals surface area contributed by atoms with E-state index < -0.39 is 10.0 Å². The predicted octanol–water partition coefficient (Wildman–Crippen LogP) is 1.56. The van der Waals surface area contributed by atoms with Gasteiger partial charge in [0.25, 0.3) is 10.0 Å². The highest BCUT2D eigenvalue weighted by Gasteiger charge is 2.19. The minimum absolute atomic E-state index is 0.180. The van der Waals surface area contributed by atoms with Gasteiger partial charge >= 0.3 is 0 Å². The van der Waals surface area contributed by atoms with Crippen LogP contribution in [0, 0.1) is 5.92 Å². The number of carbonyl (C=O) groups is 1. The van der Waals surface area contributed by atoms with E-state index in [-0.39, 0.29) is 16.7 Å². The molecule has 0 unspecified atom stereocenters. The molecule has 2 N–H and O–H groups in total. The molecule has 8 heteroatoms. The van der Waals surface area contributed by atoms with E-state index in [9.17, 15) is 13.2 Å². The summed E-state index contributed by atoms with van der Waals surface area (Å²) in [7, 11) is -3.62. The van der Waals surface area contributed by atoms with Crippen LogP contribution in [-0.2, 0) is 14.8 Å². The van der Waals surface area contributed by atoms with Crippen molar-refractivity contribution >= 4 is 43.2 Å². The summed E-state index contributed by atoms with van der Waals surface area (Å²) in [6.45, 7) is 4.21.